The molecule has 0 spiro atoms. The number of thioether (sulfide) groups is 1. The summed E-state index contributed by atoms with van der Waals surface area (Å²) in [7, 11) is 0. The minimum Gasteiger partial charge on any atom is -0.394 e. The van der Waals surface area contributed by atoms with Crippen molar-refractivity contribution in [3.8, 4) is 23.7 Å². The van der Waals surface area contributed by atoms with E-state index >= 15 is 0 Å². The molecule has 1 aliphatic rings. The van der Waals surface area contributed by atoms with Crippen molar-refractivity contribution >= 4 is 23.6 Å². The number of nitrogens with one attached hydrogen (secondary N) is 2. The van der Waals surface area contributed by atoms with Crippen molar-refractivity contribution in [2.75, 3.05) is 58.5 Å². The Labute approximate surface area is 363 Å². The van der Waals surface area contributed by atoms with Gasteiger partial charge in [0, 0.05) is 31.6 Å². The minimum absolute atomic E-state index is 0.0216. The molecule has 1 fully saturated rings. The fourth-order valence-electron chi connectivity index (χ4n) is 6.31. The summed E-state index contributed by atoms with van der Waals surface area (Å²) in [5.74, 6) is 12.5. The molecule has 1 aromatic rings. The molecule has 5 atom stereocenters. The van der Waals surface area contributed by atoms with Crippen LogP contribution in [-0.4, -0.2) is 136 Å². The predicted molar refractivity (Wildman–Crippen MR) is 233 cm³/mol. The number of amides is 2. The molecule has 0 aromatic carbocycles. The number of rotatable bonds is 36. The Kier molecular flexibility index (Phi) is 32.8. The second kappa shape index (κ2) is 36.8. The minimum atomic E-state index is -1.43. The lowest BCUT2D eigenvalue weighted by atomic mass is 10.0. The van der Waals surface area contributed by atoms with Crippen LogP contribution in [-0.2, 0) is 41.6 Å². The highest BCUT2D eigenvalue weighted by atomic mass is 32.2. The monoisotopic (exact) mass is 866 g/mol. The normalized spacial score (nSPS) is 18.6. The fourth-order valence-corrected chi connectivity index (χ4v) is 7.34. The van der Waals surface area contributed by atoms with Gasteiger partial charge in [0.05, 0.1) is 58.9 Å². The second-order valence-corrected chi connectivity index (χ2v) is 16.3. The Hall–Kier alpha value is -2.77. The van der Waals surface area contributed by atoms with Crippen LogP contribution in [0.25, 0.3) is 0 Å². The number of nitrogens with zero attached hydrogens (tertiary/aromatic N) is 3. The molecule has 16 heteroatoms. The number of hydrogen-bond acceptors (Lipinski definition) is 13. The zero-order valence-corrected chi connectivity index (χ0v) is 37.0. The maximum absolute atomic E-state index is 12.3. The third-order valence-electron chi connectivity index (χ3n) is 9.90. The van der Waals surface area contributed by atoms with Gasteiger partial charge in [-0.05, 0) is 31.1 Å². The van der Waals surface area contributed by atoms with Crippen molar-refractivity contribution in [3.63, 3.8) is 0 Å². The molecule has 1 aromatic heterocycles. The van der Waals surface area contributed by atoms with Crippen molar-refractivity contribution in [1.29, 1.82) is 0 Å². The first kappa shape index (κ1) is 53.4. The molecule has 1 saturated heterocycles. The zero-order valence-electron chi connectivity index (χ0n) is 36.2. The van der Waals surface area contributed by atoms with Gasteiger partial charge in [-0.2, -0.15) is 0 Å². The first-order valence-electron chi connectivity index (χ1n) is 22.4. The number of carbonyl (C=O) groups excluding carboxylic acids is 2. The summed E-state index contributed by atoms with van der Waals surface area (Å²) in [6.07, 6.45) is 19.0. The molecular weight excluding hydrogens is 791 g/mol. The number of hydrogen-bond donors (Lipinski definition) is 6. The zero-order chi connectivity index (χ0) is 43.3. The number of carbonyl (C=O) groups is 2. The number of ether oxygens (including phenoxy) is 4. The summed E-state index contributed by atoms with van der Waals surface area (Å²) in [5, 5.41) is 52.8. The molecule has 0 bridgehead atoms. The quantitative estimate of drug-likeness (QED) is 0.0417. The predicted octanol–water partition coefficient (Wildman–Crippen LogP) is 4.03. The van der Waals surface area contributed by atoms with Crippen molar-refractivity contribution in [2.24, 2.45) is 0 Å². The van der Waals surface area contributed by atoms with E-state index in [1.807, 2.05) is 0 Å². The number of aliphatic hydroxyl groups is 4. The Morgan fingerprint density at radius 1 is 0.750 bits per heavy atom. The van der Waals surface area contributed by atoms with Crippen molar-refractivity contribution in [3.05, 3.63) is 11.9 Å². The second-order valence-electron chi connectivity index (χ2n) is 15.1. The van der Waals surface area contributed by atoms with Gasteiger partial charge in [0.1, 0.15) is 42.2 Å². The average molecular weight is 866 g/mol. The van der Waals surface area contributed by atoms with E-state index in [2.05, 4.69) is 51.6 Å². The van der Waals surface area contributed by atoms with Gasteiger partial charge in [0.25, 0.3) is 0 Å². The maximum atomic E-state index is 12.3. The van der Waals surface area contributed by atoms with Gasteiger partial charge >= 0.3 is 0 Å². The van der Waals surface area contributed by atoms with Crippen molar-refractivity contribution < 1.29 is 49.0 Å². The van der Waals surface area contributed by atoms with Crippen LogP contribution in [0.1, 0.15) is 135 Å². The molecule has 2 amide bonds. The molecule has 15 nitrogen and oxygen atoms in total. The highest BCUT2D eigenvalue weighted by Crippen LogP contribution is 2.28. The maximum Gasteiger partial charge on any atom is 0.246 e. The Balaban J connectivity index is 1.32. The fraction of sp³-hybridized carbons (Fsp3) is 0.818. The summed E-state index contributed by atoms with van der Waals surface area (Å²) < 4.78 is 23.5. The van der Waals surface area contributed by atoms with E-state index in [-0.39, 0.29) is 31.6 Å². The Morgan fingerprint density at radius 3 is 1.97 bits per heavy atom. The topological polar surface area (TPSA) is 207 Å². The molecule has 6 N–H and O–H groups in total. The molecule has 0 aliphatic carbocycles. The summed E-state index contributed by atoms with van der Waals surface area (Å²) in [6.45, 7) is 4.47. The average Bonchev–Trinajstić information content (AvgIpc) is 3.71. The third-order valence-corrected chi connectivity index (χ3v) is 11.1. The van der Waals surface area contributed by atoms with Gasteiger partial charge in [-0.25, -0.2) is 4.68 Å². The summed E-state index contributed by atoms with van der Waals surface area (Å²) >= 11 is 1.16. The molecule has 1 aliphatic heterocycles. The lowest BCUT2D eigenvalue weighted by Crippen LogP contribution is -2.57. The number of unbranched alkanes of at least 4 members (excludes halogenated alkanes) is 16. The van der Waals surface area contributed by atoms with Crippen molar-refractivity contribution in [2.45, 2.75) is 172 Å². The Bertz CT molecular complexity index is 1360. The third kappa shape index (κ3) is 27.2. The van der Waals surface area contributed by atoms with E-state index in [0.717, 1.165) is 63.1 Å². The van der Waals surface area contributed by atoms with E-state index in [1.54, 1.807) is 10.9 Å². The van der Waals surface area contributed by atoms with Gasteiger partial charge in [-0.1, -0.05) is 107 Å². The van der Waals surface area contributed by atoms with Crippen LogP contribution in [0.4, 0.5) is 0 Å². The van der Waals surface area contributed by atoms with E-state index in [0.29, 0.717) is 57.4 Å². The van der Waals surface area contributed by atoms with Gasteiger partial charge in [-0.15, -0.1) is 16.9 Å². The van der Waals surface area contributed by atoms with E-state index in [4.69, 9.17) is 18.9 Å². The summed E-state index contributed by atoms with van der Waals surface area (Å²) in [6, 6.07) is 0. The van der Waals surface area contributed by atoms with E-state index in [9.17, 15) is 30.0 Å². The van der Waals surface area contributed by atoms with Crippen LogP contribution in [0.15, 0.2) is 6.20 Å². The van der Waals surface area contributed by atoms with Gasteiger partial charge in [0.15, 0.2) is 0 Å². The van der Waals surface area contributed by atoms with Crippen LogP contribution < -0.4 is 10.6 Å². The highest BCUT2D eigenvalue weighted by molar-refractivity contribution is 7.99. The summed E-state index contributed by atoms with van der Waals surface area (Å²) in [5.41, 5.74) is -0.148. The smallest absolute Gasteiger partial charge is 0.246 e. The van der Waals surface area contributed by atoms with Crippen LogP contribution in [0.5, 0.6) is 0 Å². The SMILES string of the molecule is CCCCCCCCCCCCC#CC#CCCCCCCCCC(=O)NCc1cn(CCOCCOCCOCC(=O)NCCS[C@@H]2O[C@H](CO)[C@@H](O)[C@H](O)[C@H]2O)nn1. The first-order chi connectivity index (χ1) is 29.3. The van der Waals surface area contributed by atoms with E-state index < -0.39 is 36.5 Å². The number of aliphatic hydroxyl groups excluding tert-OH is 4. The molecule has 60 heavy (non-hydrogen) atoms. The van der Waals surface area contributed by atoms with Gasteiger partial charge < -0.3 is 50.0 Å². The molecule has 342 valence electrons. The van der Waals surface area contributed by atoms with Crippen LogP contribution in [0, 0.1) is 23.7 Å². The molecule has 0 unspecified atom stereocenters. The molecular formula is C44H75N5O10S. The summed E-state index contributed by atoms with van der Waals surface area (Å²) in [4.78, 5) is 24.2. The van der Waals surface area contributed by atoms with Gasteiger partial charge in [-0.3, -0.25) is 9.59 Å². The van der Waals surface area contributed by atoms with E-state index in [1.165, 1.54) is 64.2 Å². The number of aromatic nitrogens is 3. The molecule has 2 rings (SSSR count). The first-order valence-corrected chi connectivity index (χ1v) is 23.4. The standard InChI is InChI=1S/C44H75N5O10S/c1-2-3-4-5-6-7-8-9-10-11-12-13-14-15-16-17-18-19-20-21-22-23-24-39(51)46-33-37-34-49(48-47-37)26-27-56-28-29-57-30-31-58-36-40(52)45-25-32-60-44-43(55)42(54)41(53)38(35-50)59-44/h34,38,41-44,50,53-55H,2-12,17-33,35-36H2,1H3,(H,45,52)(H,46,51)/t38-,41-,42+,43-,44+/m1/s1. The largest absolute Gasteiger partial charge is 0.394 e. The lowest BCUT2D eigenvalue weighted by Gasteiger charge is -2.39. The highest BCUT2D eigenvalue weighted by Gasteiger charge is 2.43. The molecule has 0 saturated carbocycles. The van der Waals surface area contributed by atoms with Crippen LogP contribution in [0.3, 0.4) is 0 Å². The molecule has 2 heterocycles. The van der Waals surface area contributed by atoms with Crippen LogP contribution in [0.2, 0.25) is 0 Å². The molecule has 0 radical (unpaired) electrons. The van der Waals surface area contributed by atoms with Crippen LogP contribution >= 0.6 is 11.8 Å². The van der Waals surface area contributed by atoms with Crippen molar-refractivity contribution in [1.82, 2.24) is 25.6 Å². The van der Waals surface area contributed by atoms with Gasteiger partial charge in [0.2, 0.25) is 11.8 Å². The lowest BCUT2D eigenvalue weighted by molar-refractivity contribution is -0.205. The Morgan fingerprint density at radius 2 is 1.33 bits per heavy atom.